The largest absolute Gasteiger partial charge is 0.435 e. The third kappa shape index (κ3) is 2.00. The second kappa shape index (κ2) is 4.12. The van der Waals surface area contributed by atoms with E-state index in [-0.39, 0.29) is 0 Å². The SMILES string of the molecule is Nc1ccc2oc(-c3cc(Br)c(Br)s3)nc2c1. The number of nitrogens with zero attached hydrogens (tertiary/aromatic N) is 1. The Morgan fingerprint density at radius 3 is 2.76 bits per heavy atom. The van der Waals surface area contributed by atoms with Gasteiger partial charge in [0, 0.05) is 10.2 Å². The van der Waals surface area contributed by atoms with E-state index in [9.17, 15) is 0 Å². The van der Waals surface area contributed by atoms with Crippen molar-refractivity contribution in [2.24, 2.45) is 0 Å². The molecule has 0 amide bonds. The normalized spacial score (nSPS) is 11.2. The fourth-order valence-electron chi connectivity index (χ4n) is 1.50. The summed E-state index contributed by atoms with van der Waals surface area (Å²) in [6, 6.07) is 7.42. The van der Waals surface area contributed by atoms with Crippen LogP contribution in [0.25, 0.3) is 21.9 Å². The smallest absolute Gasteiger partial charge is 0.237 e. The molecule has 1 aromatic carbocycles. The summed E-state index contributed by atoms with van der Waals surface area (Å²) in [5.41, 5.74) is 7.92. The van der Waals surface area contributed by atoms with Gasteiger partial charge in [-0.1, -0.05) is 0 Å². The molecule has 0 atom stereocenters. The van der Waals surface area contributed by atoms with E-state index in [0.29, 0.717) is 11.6 Å². The predicted octanol–water partition coefficient (Wildman–Crippen LogP) is 4.66. The molecule has 0 radical (unpaired) electrons. The Balaban J connectivity index is 2.17. The molecule has 0 fully saturated rings. The van der Waals surface area contributed by atoms with Crippen LogP contribution in [-0.4, -0.2) is 4.98 Å². The molecule has 2 aromatic heterocycles. The minimum Gasteiger partial charge on any atom is -0.435 e. The van der Waals surface area contributed by atoms with Gasteiger partial charge in [-0.2, -0.15) is 0 Å². The van der Waals surface area contributed by atoms with Crippen molar-refractivity contribution in [3.8, 4) is 10.8 Å². The number of aromatic nitrogens is 1. The van der Waals surface area contributed by atoms with Crippen LogP contribution < -0.4 is 5.73 Å². The van der Waals surface area contributed by atoms with Crippen LogP contribution in [-0.2, 0) is 0 Å². The predicted molar refractivity (Wildman–Crippen MR) is 77.1 cm³/mol. The summed E-state index contributed by atoms with van der Waals surface area (Å²) in [5, 5.41) is 0. The maximum Gasteiger partial charge on any atom is 0.237 e. The first kappa shape index (κ1) is 11.3. The molecule has 0 bridgehead atoms. The molecule has 0 aliphatic heterocycles. The molecule has 0 aliphatic rings. The first-order valence-electron chi connectivity index (χ1n) is 4.75. The number of hydrogen-bond acceptors (Lipinski definition) is 4. The number of thiophene rings is 1. The van der Waals surface area contributed by atoms with E-state index < -0.39 is 0 Å². The topological polar surface area (TPSA) is 52.0 Å². The monoisotopic (exact) mass is 372 g/mol. The number of oxazole rings is 1. The number of nitrogen functional groups attached to an aromatic ring is 1. The van der Waals surface area contributed by atoms with Gasteiger partial charge in [0.1, 0.15) is 5.52 Å². The lowest BCUT2D eigenvalue weighted by atomic mass is 10.3. The van der Waals surface area contributed by atoms with Crippen molar-refractivity contribution in [2.75, 3.05) is 5.73 Å². The van der Waals surface area contributed by atoms with Gasteiger partial charge in [0.15, 0.2) is 5.58 Å². The zero-order valence-electron chi connectivity index (χ0n) is 8.41. The molecular formula is C11H6Br2N2OS. The molecule has 17 heavy (non-hydrogen) atoms. The molecule has 0 unspecified atom stereocenters. The van der Waals surface area contributed by atoms with Gasteiger partial charge in [0.2, 0.25) is 5.89 Å². The molecule has 0 saturated carbocycles. The minimum absolute atomic E-state index is 0.613. The van der Waals surface area contributed by atoms with Gasteiger partial charge in [-0.25, -0.2) is 4.98 Å². The molecular weight excluding hydrogens is 368 g/mol. The third-order valence-corrected chi connectivity index (χ3v) is 5.51. The lowest BCUT2D eigenvalue weighted by molar-refractivity contribution is 0.621. The highest BCUT2D eigenvalue weighted by atomic mass is 79.9. The second-order valence-corrected chi connectivity index (χ2v) is 6.70. The molecule has 0 spiro atoms. The molecule has 0 aliphatic carbocycles. The Hall–Kier alpha value is -0.850. The summed E-state index contributed by atoms with van der Waals surface area (Å²) in [6.07, 6.45) is 0. The molecule has 2 heterocycles. The average molecular weight is 374 g/mol. The Labute approximate surface area is 118 Å². The van der Waals surface area contributed by atoms with E-state index in [1.807, 2.05) is 12.1 Å². The zero-order valence-corrected chi connectivity index (χ0v) is 12.4. The van der Waals surface area contributed by atoms with Crippen LogP contribution in [0.15, 0.2) is 36.9 Å². The van der Waals surface area contributed by atoms with Gasteiger partial charge in [0.05, 0.1) is 8.66 Å². The molecule has 6 heteroatoms. The molecule has 86 valence electrons. The number of anilines is 1. The highest BCUT2D eigenvalue weighted by Gasteiger charge is 2.12. The number of fused-ring (bicyclic) bond motifs is 1. The first-order chi connectivity index (χ1) is 8.13. The highest BCUT2D eigenvalue weighted by molar-refractivity contribution is 9.13. The minimum atomic E-state index is 0.613. The molecule has 3 aromatic rings. The van der Waals surface area contributed by atoms with Crippen molar-refractivity contribution in [1.82, 2.24) is 4.98 Å². The van der Waals surface area contributed by atoms with Crippen LogP contribution in [0.4, 0.5) is 5.69 Å². The van der Waals surface area contributed by atoms with Crippen molar-refractivity contribution in [1.29, 1.82) is 0 Å². The van der Waals surface area contributed by atoms with Gasteiger partial charge in [-0.05, 0) is 56.1 Å². The third-order valence-electron chi connectivity index (χ3n) is 2.27. The molecule has 2 N–H and O–H groups in total. The standard InChI is InChI=1S/C11H6Br2N2OS/c12-6-4-9(17-10(6)13)11-15-7-3-5(14)1-2-8(7)16-11/h1-4H,14H2. The highest BCUT2D eigenvalue weighted by Crippen LogP contribution is 2.38. The maximum absolute atomic E-state index is 5.71. The quantitative estimate of drug-likeness (QED) is 0.631. The van der Waals surface area contributed by atoms with E-state index in [2.05, 4.69) is 36.8 Å². The molecule has 3 rings (SSSR count). The van der Waals surface area contributed by atoms with Gasteiger partial charge < -0.3 is 10.2 Å². The van der Waals surface area contributed by atoms with Gasteiger partial charge >= 0.3 is 0 Å². The van der Waals surface area contributed by atoms with Crippen LogP contribution in [0.3, 0.4) is 0 Å². The molecule has 0 saturated heterocycles. The second-order valence-electron chi connectivity index (χ2n) is 3.48. The van der Waals surface area contributed by atoms with Crippen molar-refractivity contribution in [3.05, 3.63) is 32.5 Å². The summed E-state index contributed by atoms with van der Waals surface area (Å²) < 4.78 is 7.70. The number of hydrogen-bond donors (Lipinski definition) is 1. The van der Waals surface area contributed by atoms with Gasteiger partial charge in [0.25, 0.3) is 0 Å². The average Bonchev–Trinajstić information content (AvgIpc) is 2.83. The first-order valence-corrected chi connectivity index (χ1v) is 7.15. The van der Waals surface area contributed by atoms with Gasteiger partial charge in [-0.3, -0.25) is 0 Å². The molecule has 3 nitrogen and oxygen atoms in total. The van der Waals surface area contributed by atoms with E-state index in [1.165, 1.54) is 0 Å². The Kier molecular flexibility index (Phi) is 2.72. The van der Waals surface area contributed by atoms with Crippen molar-refractivity contribution in [2.45, 2.75) is 0 Å². The van der Waals surface area contributed by atoms with E-state index in [1.54, 1.807) is 23.5 Å². The lowest BCUT2D eigenvalue weighted by Crippen LogP contribution is -1.82. The summed E-state index contributed by atoms with van der Waals surface area (Å²) in [5.74, 6) is 0.613. The van der Waals surface area contributed by atoms with Crippen LogP contribution in [0.5, 0.6) is 0 Å². The van der Waals surface area contributed by atoms with Crippen LogP contribution in [0.2, 0.25) is 0 Å². The van der Waals surface area contributed by atoms with Crippen LogP contribution in [0.1, 0.15) is 0 Å². The zero-order chi connectivity index (χ0) is 12.0. The van der Waals surface area contributed by atoms with Gasteiger partial charge in [-0.15, -0.1) is 11.3 Å². The van der Waals surface area contributed by atoms with Crippen LogP contribution in [0, 0.1) is 0 Å². The van der Waals surface area contributed by atoms with E-state index in [4.69, 9.17) is 10.2 Å². The van der Waals surface area contributed by atoms with Crippen molar-refractivity contribution < 1.29 is 4.42 Å². The summed E-state index contributed by atoms with van der Waals surface area (Å²) in [7, 11) is 0. The van der Waals surface area contributed by atoms with Crippen molar-refractivity contribution in [3.63, 3.8) is 0 Å². The Bertz CT molecular complexity index is 685. The fourth-order valence-corrected chi connectivity index (χ4v) is 3.46. The number of rotatable bonds is 1. The summed E-state index contributed by atoms with van der Waals surface area (Å²) in [6.45, 7) is 0. The summed E-state index contributed by atoms with van der Waals surface area (Å²) in [4.78, 5) is 5.39. The van der Waals surface area contributed by atoms with E-state index >= 15 is 0 Å². The number of benzene rings is 1. The van der Waals surface area contributed by atoms with Crippen molar-refractivity contribution >= 4 is 60.0 Å². The Morgan fingerprint density at radius 2 is 2.06 bits per heavy atom. The Morgan fingerprint density at radius 1 is 1.24 bits per heavy atom. The number of halogens is 2. The van der Waals surface area contributed by atoms with E-state index in [0.717, 1.165) is 24.2 Å². The summed E-state index contributed by atoms with van der Waals surface area (Å²) >= 11 is 8.46. The maximum atomic E-state index is 5.71. The number of nitrogens with two attached hydrogens (primary N) is 1. The van der Waals surface area contributed by atoms with Crippen LogP contribution >= 0.6 is 43.2 Å². The lowest BCUT2D eigenvalue weighted by Gasteiger charge is -1.88. The fraction of sp³-hybridized carbons (Fsp3) is 0.